The van der Waals surface area contributed by atoms with E-state index in [0.717, 1.165) is 0 Å². The topological polar surface area (TPSA) is 60.9 Å². The monoisotopic (exact) mass is 352 g/mol. The standard InChI is InChI=1S/C16H17ClN2O3S/c17-13-6-7-16(20)15(12-13)18-8-10-19(11-9-18)23(21,22)14-4-2-1-3-5-14/h1-7,12,20H,8-11H2. The Morgan fingerprint density at radius 1 is 0.957 bits per heavy atom. The SMILES string of the molecule is O=S(=O)(c1ccccc1)N1CCN(c2cc(Cl)ccc2O)CC1. The van der Waals surface area contributed by atoms with Crippen LogP contribution in [-0.2, 0) is 10.0 Å². The summed E-state index contributed by atoms with van der Waals surface area (Å²) >= 11 is 5.97. The maximum atomic E-state index is 12.6. The predicted molar refractivity (Wildman–Crippen MR) is 90.5 cm³/mol. The molecule has 7 heteroatoms. The fraction of sp³-hybridized carbons (Fsp3) is 0.250. The van der Waals surface area contributed by atoms with Crippen LogP contribution in [0, 0.1) is 0 Å². The Hall–Kier alpha value is -1.76. The highest BCUT2D eigenvalue weighted by Crippen LogP contribution is 2.31. The zero-order chi connectivity index (χ0) is 16.4. The van der Waals surface area contributed by atoms with Gasteiger partial charge in [-0.2, -0.15) is 4.31 Å². The van der Waals surface area contributed by atoms with Gasteiger partial charge in [-0.3, -0.25) is 0 Å². The Balaban J connectivity index is 1.75. The molecule has 1 aliphatic heterocycles. The molecule has 0 saturated carbocycles. The lowest BCUT2D eigenvalue weighted by molar-refractivity contribution is 0.382. The molecule has 122 valence electrons. The fourth-order valence-electron chi connectivity index (χ4n) is 2.66. The van der Waals surface area contributed by atoms with Crippen LogP contribution in [0.3, 0.4) is 0 Å². The van der Waals surface area contributed by atoms with E-state index in [4.69, 9.17) is 11.6 Å². The van der Waals surface area contributed by atoms with Crippen molar-refractivity contribution in [1.29, 1.82) is 0 Å². The van der Waals surface area contributed by atoms with Crippen molar-refractivity contribution in [2.75, 3.05) is 31.1 Å². The number of phenols is 1. The molecule has 1 aliphatic rings. The Kier molecular flexibility index (Phi) is 4.48. The lowest BCUT2D eigenvalue weighted by Gasteiger charge is -2.35. The van der Waals surface area contributed by atoms with Gasteiger partial charge in [0, 0.05) is 31.2 Å². The van der Waals surface area contributed by atoms with E-state index in [1.807, 2.05) is 4.90 Å². The summed E-state index contributed by atoms with van der Waals surface area (Å²) in [5, 5.41) is 10.5. The molecule has 3 rings (SSSR count). The van der Waals surface area contributed by atoms with Crippen LogP contribution < -0.4 is 4.90 Å². The fourth-order valence-corrected chi connectivity index (χ4v) is 4.27. The number of sulfonamides is 1. The normalized spacial score (nSPS) is 16.5. The molecule has 0 unspecified atom stereocenters. The van der Waals surface area contributed by atoms with Crippen molar-refractivity contribution in [3.63, 3.8) is 0 Å². The van der Waals surface area contributed by atoms with Gasteiger partial charge in [0.15, 0.2) is 0 Å². The maximum absolute atomic E-state index is 12.6. The third-order valence-corrected chi connectivity index (χ3v) is 6.05. The first-order chi connectivity index (χ1) is 11.0. The summed E-state index contributed by atoms with van der Waals surface area (Å²) in [6, 6.07) is 13.3. The first-order valence-electron chi connectivity index (χ1n) is 7.27. The largest absolute Gasteiger partial charge is 0.506 e. The Morgan fingerprint density at radius 2 is 1.61 bits per heavy atom. The molecular formula is C16H17ClN2O3S. The zero-order valence-electron chi connectivity index (χ0n) is 12.4. The Bertz CT molecular complexity index is 788. The number of anilines is 1. The van der Waals surface area contributed by atoms with Crippen molar-refractivity contribution < 1.29 is 13.5 Å². The molecule has 1 N–H and O–H groups in total. The van der Waals surface area contributed by atoms with Crippen LogP contribution in [0.5, 0.6) is 5.75 Å². The maximum Gasteiger partial charge on any atom is 0.243 e. The average Bonchev–Trinajstić information content (AvgIpc) is 2.58. The van der Waals surface area contributed by atoms with Crippen molar-refractivity contribution in [1.82, 2.24) is 4.31 Å². The first kappa shape index (κ1) is 16.1. The van der Waals surface area contributed by atoms with E-state index in [1.54, 1.807) is 48.5 Å². The summed E-state index contributed by atoms with van der Waals surface area (Å²) in [6.07, 6.45) is 0. The summed E-state index contributed by atoms with van der Waals surface area (Å²) in [4.78, 5) is 2.25. The number of piperazine rings is 1. The van der Waals surface area contributed by atoms with Crippen LogP contribution in [0.25, 0.3) is 0 Å². The van der Waals surface area contributed by atoms with Gasteiger partial charge in [-0.25, -0.2) is 8.42 Å². The van der Waals surface area contributed by atoms with E-state index >= 15 is 0 Å². The predicted octanol–water partition coefficient (Wildman–Crippen LogP) is 2.56. The molecule has 0 amide bonds. The Labute approximate surface area is 140 Å². The molecule has 0 spiro atoms. The van der Waals surface area contributed by atoms with Gasteiger partial charge in [0.05, 0.1) is 10.6 Å². The number of benzene rings is 2. The van der Waals surface area contributed by atoms with Crippen LogP contribution >= 0.6 is 11.6 Å². The van der Waals surface area contributed by atoms with Crippen LogP contribution in [0.4, 0.5) is 5.69 Å². The molecule has 1 fully saturated rings. The number of aromatic hydroxyl groups is 1. The van der Waals surface area contributed by atoms with Crippen molar-refractivity contribution >= 4 is 27.3 Å². The van der Waals surface area contributed by atoms with Gasteiger partial charge in [-0.15, -0.1) is 0 Å². The second-order valence-corrected chi connectivity index (χ2v) is 7.71. The van der Waals surface area contributed by atoms with Gasteiger partial charge >= 0.3 is 0 Å². The summed E-state index contributed by atoms with van der Waals surface area (Å²) in [6.45, 7) is 1.73. The van der Waals surface area contributed by atoms with Gasteiger partial charge in [0.25, 0.3) is 0 Å². The summed E-state index contributed by atoms with van der Waals surface area (Å²) in [7, 11) is -3.47. The van der Waals surface area contributed by atoms with Crippen molar-refractivity contribution in [3.05, 3.63) is 53.6 Å². The van der Waals surface area contributed by atoms with Crippen molar-refractivity contribution in [3.8, 4) is 5.75 Å². The smallest absolute Gasteiger partial charge is 0.243 e. The number of hydrogen-bond acceptors (Lipinski definition) is 4. The third-order valence-electron chi connectivity index (χ3n) is 3.90. The van der Waals surface area contributed by atoms with Gasteiger partial charge < -0.3 is 10.0 Å². The van der Waals surface area contributed by atoms with E-state index in [2.05, 4.69) is 0 Å². The van der Waals surface area contributed by atoms with Crippen LogP contribution in [-0.4, -0.2) is 44.0 Å². The van der Waals surface area contributed by atoms with E-state index in [-0.39, 0.29) is 5.75 Å². The second-order valence-electron chi connectivity index (χ2n) is 5.34. The van der Waals surface area contributed by atoms with Crippen molar-refractivity contribution in [2.45, 2.75) is 4.90 Å². The van der Waals surface area contributed by atoms with Crippen molar-refractivity contribution in [2.24, 2.45) is 0 Å². The van der Waals surface area contributed by atoms with Gasteiger partial charge in [-0.05, 0) is 30.3 Å². The van der Waals surface area contributed by atoms with E-state index in [1.165, 1.54) is 4.31 Å². The van der Waals surface area contributed by atoms with E-state index in [0.29, 0.717) is 41.8 Å². The zero-order valence-corrected chi connectivity index (χ0v) is 14.0. The minimum absolute atomic E-state index is 0.147. The lowest BCUT2D eigenvalue weighted by atomic mass is 10.2. The average molecular weight is 353 g/mol. The minimum atomic E-state index is -3.47. The highest BCUT2D eigenvalue weighted by Gasteiger charge is 2.29. The second kappa shape index (κ2) is 6.39. The molecule has 23 heavy (non-hydrogen) atoms. The first-order valence-corrected chi connectivity index (χ1v) is 9.09. The lowest BCUT2D eigenvalue weighted by Crippen LogP contribution is -2.48. The summed E-state index contributed by atoms with van der Waals surface area (Å²) in [5.74, 6) is 0.147. The minimum Gasteiger partial charge on any atom is -0.506 e. The number of rotatable bonds is 3. The number of hydrogen-bond donors (Lipinski definition) is 1. The van der Waals surface area contributed by atoms with Crippen LogP contribution in [0.1, 0.15) is 0 Å². The molecule has 0 atom stereocenters. The molecule has 1 heterocycles. The molecule has 0 bridgehead atoms. The molecule has 2 aromatic carbocycles. The molecule has 0 aromatic heterocycles. The molecule has 2 aromatic rings. The number of nitrogens with zero attached hydrogens (tertiary/aromatic N) is 2. The number of halogens is 1. The highest BCUT2D eigenvalue weighted by molar-refractivity contribution is 7.89. The summed E-state index contributed by atoms with van der Waals surface area (Å²) in [5.41, 5.74) is 0.634. The number of phenolic OH excluding ortho intramolecular Hbond substituents is 1. The van der Waals surface area contributed by atoms with Gasteiger partial charge in [-0.1, -0.05) is 29.8 Å². The van der Waals surface area contributed by atoms with Gasteiger partial charge in [0.2, 0.25) is 10.0 Å². The van der Waals surface area contributed by atoms with E-state index < -0.39 is 10.0 Å². The molecule has 5 nitrogen and oxygen atoms in total. The molecule has 1 saturated heterocycles. The van der Waals surface area contributed by atoms with Crippen LogP contribution in [0.2, 0.25) is 5.02 Å². The van der Waals surface area contributed by atoms with Gasteiger partial charge in [0.1, 0.15) is 5.75 Å². The van der Waals surface area contributed by atoms with E-state index in [9.17, 15) is 13.5 Å². The third kappa shape index (κ3) is 3.29. The molecular weight excluding hydrogens is 336 g/mol. The molecule has 0 radical (unpaired) electrons. The quantitative estimate of drug-likeness (QED) is 0.922. The molecule has 0 aliphatic carbocycles. The highest BCUT2D eigenvalue weighted by atomic mass is 35.5. The Morgan fingerprint density at radius 3 is 2.26 bits per heavy atom. The van der Waals surface area contributed by atoms with Crippen LogP contribution in [0.15, 0.2) is 53.4 Å². The summed E-state index contributed by atoms with van der Waals surface area (Å²) < 4.78 is 26.6.